The zero-order valence-electron chi connectivity index (χ0n) is 8.38. The van der Waals surface area contributed by atoms with Gasteiger partial charge >= 0.3 is 0 Å². The number of rotatable bonds is 3. The number of nitrogens with two attached hydrogens (primary N) is 2. The van der Waals surface area contributed by atoms with Crippen LogP contribution in [0.25, 0.3) is 5.69 Å². The first-order chi connectivity index (χ1) is 7.31. The molecule has 1 aromatic carbocycles. The van der Waals surface area contributed by atoms with Crippen molar-refractivity contribution in [1.29, 1.82) is 0 Å². The van der Waals surface area contributed by atoms with Crippen LogP contribution in [0.5, 0.6) is 0 Å². The maximum Gasteiger partial charge on any atom is 0.0991 e. The molecule has 0 unspecified atom stereocenters. The first kappa shape index (κ1) is 9.89. The van der Waals surface area contributed by atoms with Crippen molar-refractivity contribution in [2.75, 3.05) is 6.54 Å². The van der Waals surface area contributed by atoms with Crippen molar-refractivity contribution in [3.8, 4) is 5.69 Å². The molecule has 1 heterocycles. The third-order valence-corrected chi connectivity index (χ3v) is 2.38. The molecule has 0 amide bonds. The largest absolute Gasteiger partial charge is 0.329 e. The Morgan fingerprint density at radius 2 is 2.00 bits per heavy atom. The van der Waals surface area contributed by atoms with E-state index < -0.39 is 0 Å². The van der Waals surface area contributed by atoms with Gasteiger partial charge in [-0.25, -0.2) is 4.98 Å². The van der Waals surface area contributed by atoms with Crippen LogP contribution >= 0.6 is 0 Å². The molecule has 78 valence electrons. The number of hydrogen-bond donors (Lipinski definition) is 2. The topological polar surface area (TPSA) is 69.9 Å². The smallest absolute Gasteiger partial charge is 0.0991 e. The monoisotopic (exact) mass is 202 g/mol. The Hall–Kier alpha value is -1.65. The lowest BCUT2D eigenvalue weighted by Crippen LogP contribution is -2.20. The van der Waals surface area contributed by atoms with Crippen LogP contribution in [-0.4, -0.2) is 16.1 Å². The van der Waals surface area contributed by atoms with E-state index in [-0.39, 0.29) is 6.04 Å². The van der Waals surface area contributed by atoms with Gasteiger partial charge in [0.1, 0.15) is 0 Å². The highest BCUT2D eigenvalue weighted by Gasteiger charge is 2.03. The number of aromatic nitrogens is 2. The second kappa shape index (κ2) is 4.25. The molecule has 15 heavy (non-hydrogen) atoms. The third-order valence-electron chi connectivity index (χ3n) is 2.38. The molecule has 4 nitrogen and oxygen atoms in total. The van der Waals surface area contributed by atoms with Gasteiger partial charge in [0.25, 0.3) is 0 Å². The van der Waals surface area contributed by atoms with Gasteiger partial charge in [-0.1, -0.05) is 12.1 Å². The van der Waals surface area contributed by atoms with Crippen LogP contribution in [0.15, 0.2) is 43.0 Å². The molecular formula is C11H14N4. The summed E-state index contributed by atoms with van der Waals surface area (Å²) in [7, 11) is 0. The van der Waals surface area contributed by atoms with Crippen LogP contribution in [0, 0.1) is 0 Å². The minimum atomic E-state index is -0.0816. The predicted octanol–water partition coefficient (Wildman–Crippen LogP) is 0.831. The highest BCUT2D eigenvalue weighted by atomic mass is 15.0. The first-order valence-corrected chi connectivity index (χ1v) is 4.85. The van der Waals surface area contributed by atoms with E-state index >= 15 is 0 Å². The minimum absolute atomic E-state index is 0.0816. The number of imidazole rings is 1. The summed E-state index contributed by atoms with van der Waals surface area (Å²) in [6, 6.07) is 7.92. The third kappa shape index (κ3) is 2.06. The van der Waals surface area contributed by atoms with Crippen LogP contribution < -0.4 is 11.5 Å². The minimum Gasteiger partial charge on any atom is -0.329 e. The van der Waals surface area contributed by atoms with E-state index in [9.17, 15) is 0 Å². The summed E-state index contributed by atoms with van der Waals surface area (Å²) in [6.45, 7) is 0.463. The van der Waals surface area contributed by atoms with Gasteiger partial charge in [-0.05, 0) is 17.7 Å². The lowest BCUT2D eigenvalue weighted by molar-refractivity contribution is 0.737. The Morgan fingerprint density at radius 1 is 1.27 bits per heavy atom. The van der Waals surface area contributed by atoms with Crippen LogP contribution in [0.1, 0.15) is 11.6 Å². The maximum atomic E-state index is 5.82. The summed E-state index contributed by atoms with van der Waals surface area (Å²) in [4.78, 5) is 3.99. The lowest BCUT2D eigenvalue weighted by atomic mass is 10.1. The highest BCUT2D eigenvalue weighted by Crippen LogP contribution is 2.13. The Kier molecular flexibility index (Phi) is 2.80. The summed E-state index contributed by atoms with van der Waals surface area (Å²) >= 11 is 0. The zero-order valence-corrected chi connectivity index (χ0v) is 8.38. The Balaban J connectivity index is 2.25. The van der Waals surface area contributed by atoms with Gasteiger partial charge in [-0.15, -0.1) is 0 Å². The van der Waals surface area contributed by atoms with Gasteiger partial charge in [-0.2, -0.15) is 0 Å². The molecule has 0 saturated carbocycles. The summed E-state index contributed by atoms with van der Waals surface area (Å²) in [5.74, 6) is 0. The summed E-state index contributed by atoms with van der Waals surface area (Å²) < 4.78 is 1.94. The van der Waals surface area contributed by atoms with E-state index in [1.54, 1.807) is 12.5 Å². The molecule has 0 aliphatic heterocycles. The van der Waals surface area contributed by atoms with E-state index in [0.717, 1.165) is 11.3 Å². The summed E-state index contributed by atoms with van der Waals surface area (Å²) in [6.07, 6.45) is 5.41. The van der Waals surface area contributed by atoms with E-state index in [4.69, 9.17) is 11.5 Å². The molecular weight excluding hydrogens is 188 g/mol. The van der Waals surface area contributed by atoms with E-state index in [0.29, 0.717) is 6.54 Å². The average molecular weight is 202 g/mol. The normalized spacial score (nSPS) is 12.7. The second-order valence-corrected chi connectivity index (χ2v) is 3.40. The molecule has 0 spiro atoms. The van der Waals surface area contributed by atoms with E-state index in [1.165, 1.54) is 0 Å². The fraction of sp³-hybridized carbons (Fsp3) is 0.182. The van der Waals surface area contributed by atoms with Gasteiger partial charge in [0.05, 0.1) is 6.33 Å². The second-order valence-electron chi connectivity index (χ2n) is 3.40. The molecule has 4 N–H and O–H groups in total. The Morgan fingerprint density at radius 3 is 2.53 bits per heavy atom. The SMILES string of the molecule is NC[C@H](N)c1ccc(-n2ccnc2)cc1. The molecule has 4 heteroatoms. The molecule has 0 radical (unpaired) electrons. The first-order valence-electron chi connectivity index (χ1n) is 4.85. The van der Waals surface area contributed by atoms with Gasteiger partial charge in [0, 0.05) is 30.7 Å². The van der Waals surface area contributed by atoms with Crippen molar-refractivity contribution in [2.24, 2.45) is 11.5 Å². The molecule has 2 aromatic rings. The molecule has 0 aliphatic rings. The average Bonchev–Trinajstić information content (AvgIpc) is 2.82. The zero-order chi connectivity index (χ0) is 10.7. The predicted molar refractivity (Wildman–Crippen MR) is 59.5 cm³/mol. The van der Waals surface area contributed by atoms with Crippen LogP contribution in [-0.2, 0) is 0 Å². The van der Waals surface area contributed by atoms with Crippen molar-refractivity contribution in [3.05, 3.63) is 48.5 Å². The fourth-order valence-corrected chi connectivity index (χ4v) is 1.44. The number of hydrogen-bond acceptors (Lipinski definition) is 3. The fourth-order valence-electron chi connectivity index (χ4n) is 1.44. The van der Waals surface area contributed by atoms with Gasteiger partial charge in [0.15, 0.2) is 0 Å². The van der Waals surface area contributed by atoms with Crippen LogP contribution in [0.2, 0.25) is 0 Å². The summed E-state index contributed by atoms with van der Waals surface area (Å²) in [5.41, 5.74) is 13.4. The highest BCUT2D eigenvalue weighted by molar-refractivity contribution is 5.35. The van der Waals surface area contributed by atoms with Crippen molar-refractivity contribution in [2.45, 2.75) is 6.04 Å². The number of benzene rings is 1. The van der Waals surface area contributed by atoms with Gasteiger partial charge in [0.2, 0.25) is 0 Å². The maximum absolute atomic E-state index is 5.82. The van der Waals surface area contributed by atoms with Crippen molar-refractivity contribution >= 4 is 0 Å². The summed E-state index contributed by atoms with van der Waals surface area (Å²) in [5, 5.41) is 0. The molecule has 1 aromatic heterocycles. The number of nitrogens with zero attached hydrogens (tertiary/aromatic N) is 2. The molecule has 0 aliphatic carbocycles. The Bertz CT molecular complexity index is 405. The van der Waals surface area contributed by atoms with Gasteiger partial charge < -0.3 is 16.0 Å². The Labute approximate surface area is 88.5 Å². The van der Waals surface area contributed by atoms with Crippen molar-refractivity contribution in [3.63, 3.8) is 0 Å². The quantitative estimate of drug-likeness (QED) is 0.774. The van der Waals surface area contributed by atoms with E-state index in [2.05, 4.69) is 4.98 Å². The molecule has 0 fully saturated rings. The van der Waals surface area contributed by atoms with Crippen molar-refractivity contribution in [1.82, 2.24) is 9.55 Å². The molecule has 1 atom stereocenters. The van der Waals surface area contributed by atoms with E-state index in [1.807, 2.05) is 35.0 Å². The molecule has 2 rings (SSSR count). The standard InChI is InChI=1S/C11H14N4/c12-7-11(13)9-1-3-10(4-2-9)15-6-5-14-8-15/h1-6,8,11H,7,12-13H2/t11-/m0/s1. The van der Waals surface area contributed by atoms with Crippen molar-refractivity contribution < 1.29 is 0 Å². The van der Waals surface area contributed by atoms with Crippen LogP contribution in [0.3, 0.4) is 0 Å². The van der Waals surface area contributed by atoms with Crippen LogP contribution in [0.4, 0.5) is 0 Å². The molecule has 0 bridgehead atoms. The van der Waals surface area contributed by atoms with Gasteiger partial charge in [-0.3, -0.25) is 0 Å². The lowest BCUT2D eigenvalue weighted by Gasteiger charge is -2.09. The molecule has 0 saturated heterocycles.